The fourth-order valence-corrected chi connectivity index (χ4v) is 2.50. The molecule has 0 aromatic heterocycles. The van der Waals surface area contributed by atoms with Gasteiger partial charge in [0, 0.05) is 11.6 Å². The van der Waals surface area contributed by atoms with Crippen LogP contribution in [0.1, 0.15) is 25.5 Å². The third kappa shape index (κ3) is 2.85. The summed E-state index contributed by atoms with van der Waals surface area (Å²) in [6.45, 7) is 8.19. The minimum Gasteiger partial charge on any atom is -0.370 e. The summed E-state index contributed by atoms with van der Waals surface area (Å²) in [5.74, 6) is 1.08. The zero-order valence-electron chi connectivity index (χ0n) is 11.0. The van der Waals surface area contributed by atoms with Crippen molar-refractivity contribution in [2.24, 2.45) is 4.99 Å². The first-order valence-corrected chi connectivity index (χ1v) is 6.91. The lowest BCUT2D eigenvalue weighted by atomic mass is 10.0. The second-order valence-corrected chi connectivity index (χ2v) is 4.81. The van der Waals surface area contributed by atoms with E-state index in [9.17, 15) is 0 Å². The van der Waals surface area contributed by atoms with Crippen LogP contribution in [0.3, 0.4) is 0 Å². The van der Waals surface area contributed by atoms with Gasteiger partial charge in [0.05, 0.1) is 12.6 Å². The highest BCUT2D eigenvalue weighted by atomic mass is 35.5. The van der Waals surface area contributed by atoms with Gasteiger partial charge in [0.1, 0.15) is 5.84 Å². The Morgan fingerprint density at radius 1 is 1.28 bits per heavy atom. The third-order valence-corrected chi connectivity index (χ3v) is 3.57. The molecule has 98 valence electrons. The summed E-state index contributed by atoms with van der Waals surface area (Å²) >= 11 is 5.96. The SMILES string of the molecule is CCN(CC)C(C1=NCCN1)c1ccc(Cl)cc1. The molecule has 1 unspecified atom stereocenters. The monoisotopic (exact) mass is 265 g/mol. The Bertz CT molecular complexity index is 410. The van der Waals surface area contributed by atoms with Crippen molar-refractivity contribution in [3.8, 4) is 0 Å². The van der Waals surface area contributed by atoms with Crippen molar-refractivity contribution in [3.05, 3.63) is 34.9 Å². The number of nitrogens with zero attached hydrogens (tertiary/aromatic N) is 2. The molecular formula is C14H20ClN3. The summed E-state index contributed by atoms with van der Waals surface area (Å²) in [5, 5.41) is 4.17. The van der Waals surface area contributed by atoms with Crippen LogP contribution in [-0.2, 0) is 0 Å². The highest BCUT2D eigenvalue weighted by Crippen LogP contribution is 2.24. The minimum absolute atomic E-state index is 0.222. The van der Waals surface area contributed by atoms with Gasteiger partial charge in [0.25, 0.3) is 0 Å². The Hall–Kier alpha value is -1.06. The predicted molar refractivity (Wildman–Crippen MR) is 77.4 cm³/mol. The maximum Gasteiger partial charge on any atom is 0.119 e. The molecule has 0 radical (unpaired) electrons. The predicted octanol–water partition coefficient (Wildman–Crippen LogP) is 2.72. The highest BCUT2D eigenvalue weighted by Gasteiger charge is 2.25. The molecule has 0 saturated carbocycles. The Labute approximate surface area is 114 Å². The lowest BCUT2D eigenvalue weighted by molar-refractivity contribution is 0.268. The summed E-state index contributed by atoms with van der Waals surface area (Å²) in [4.78, 5) is 6.99. The number of hydrogen-bond donors (Lipinski definition) is 1. The van der Waals surface area contributed by atoms with E-state index in [1.54, 1.807) is 0 Å². The van der Waals surface area contributed by atoms with Crippen LogP contribution in [-0.4, -0.2) is 36.9 Å². The van der Waals surface area contributed by atoms with Crippen molar-refractivity contribution in [2.45, 2.75) is 19.9 Å². The molecule has 3 nitrogen and oxygen atoms in total. The average Bonchev–Trinajstić information content (AvgIpc) is 2.91. The first-order chi connectivity index (χ1) is 8.76. The Morgan fingerprint density at radius 3 is 2.44 bits per heavy atom. The van der Waals surface area contributed by atoms with E-state index in [4.69, 9.17) is 11.6 Å². The number of nitrogens with one attached hydrogen (secondary N) is 1. The molecular weight excluding hydrogens is 246 g/mol. The second kappa shape index (κ2) is 6.21. The highest BCUT2D eigenvalue weighted by molar-refractivity contribution is 6.30. The number of halogens is 1. The second-order valence-electron chi connectivity index (χ2n) is 4.37. The van der Waals surface area contributed by atoms with Gasteiger partial charge in [-0.15, -0.1) is 0 Å². The molecule has 4 heteroatoms. The fraction of sp³-hybridized carbons (Fsp3) is 0.500. The largest absolute Gasteiger partial charge is 0.370 e. The molecule has 0 aliphatic carbocycles. The van der Waals surface area contributed by atoms with Gasteiger partial charge in [0.15, 0.2) is 0 Å². The van der Waals surface area contributed by atoms with Crippen molar-refractivity contribution < 1.29 is 0 Å². The van der Waals surface area contributed by atoms with Crippen LogP contribution in [0, 0.1) is 0 Å². The molecule has 1 N–H and O–H groups in total. The normalized spacial score (nSPS) is 16.6. The molecule has 1 aliphatic heterocycles. The van der Waals surface area contributed by atoms with Gasteiger partial charge in [-0.05, 0) is 30.8 Å². The van der Waals surface area contributed by atoms with Gasteiger partial charge in [-0.1, -0.05) is 37.6 Å². The van der Waals surface area contributed by atoms with Crippen LogP contribution in [0.4, 0.5) is 0 Å². The van der Waals surface area contributed by atoms with Gasteiger partial charge in [-0.2, -0.15) is 0 Å². The molecule has 1 heterocycles. The number of benzene rings is 1. The Kier molecular flexibility index (Phi) is 4.61. The summed E-state index contributed by atoms with van der Waals surface area (Å²) in [5.41, 5.74) is 1.25. The molecule has 2 rings (SSSR count). The summed E-state index contributed by atoms with van der Waals surface area (Å²) < 4.78 is 0. The molecule has 0 fully saturated rings. The number of rotatable bonds is 5. The lowest BCUT2D eigenvalue weighted by Crippen LogP contribution is -2.38. The number of hydrogen-bond acceptors (Lipinski definition) is 3. The smallest absolute Gasteiger partial charge is 0.119 e. The topological polar surface area (TPSA) is 27.6 Å². The van der Waals surface area contributed by atoms with Crippen LogP contribution in [0.25, 0.3) is 0 Å². The molecule has 0 saturated heterocycles. The van der Waals surface area contributed by atoms with E-state index >= 15 is 0 Å². The lowest BCUT2D eigenvalue weighted by Gasteiger charge is -2.30. The van der Waals surface area contributed by atoms with Gasteiger partial charge in [-0.3, -0.25) is 9.89 Å². The number of aliphatic imine (C=N–C) groups is 1. The molecule has 0 amide bonds. The van der Waals surface area contributed by atoms with Crippen molar-refractivity contribution in [3.63, 3.8) is 0 Å². The average molecular weight is 266 g/mol. The number of likely N-dealkylation sites (N-methyl/N-ethyl adjacent to an activating group) is 1. The van der Waals surface area contributed by atoms with Crippen LogP contribution in [0.5, 0.6) is 0 Å². The maximum absolute atomic E-state index is 5.96. The minimum atomic E-state index is 0.222. The van der Waals surface area contributed by atoms with Gasteiger partial charge < -0.3 is 5.32 Å². The molecule has 1 aromatic carbocycles. The summed E-state index contributed by atoms with van der Waals surface area (Å²) in [7, 11) is 0. The molecule has 1 aliphatic rings. The Balaban J connectivity index is 2.31. The van der Waals surface area contributed by atoms with Crippen LogP contribution in [0.2, 0.25) is 5.02 Å². The first-order valence-electron chi connectivity index (χ1n) is 6.54. The molecule has 1 atom stereocenters. The van der Waals surface area contributed by atoms with E-state index < -0.39 is 0 Å². The standard InChI is InChI=1S/C14H20ClN3/c1-3-18(4-2)13(14-16-9-10-17-14)11-5-7-12(15)8-6-11/h5-8,13H,3-4,9-10H2,1-2H3,(H,16,17). The maximum atomic E-state index is 5.96. The van der Waals surface area contributed by atoms with E-state index in [2.05, 4.69) is 41.2 Å². The zero-order chi connectivity index (χ0) is 13.0. The van der Waals surface area contributed by atoms with Gasteiger partial charge in [-0.25, -0.2) is 0 Å². The van der Waals surface area contributed by atoms with Crippen molar-refractivity contribution in [2.75, 3.05) is 26.2 Å². The molecule has 0 bridgehead atoms. The zero-order valence-corrected chi connectivity index (χ0v) is 11.7. The van der Waals surface area contributed by atoms with Crippen molar-refractivity contribution >= 4 is 17.4 Å². The van der Waals surface area contributed by atoms with Gasteiger partial charge in [0.2, 0.25) is 0 Å². The van der Waals surface area contributed by atoms with E-state index in [1.165, 1.54) is 5.56 Å². The summed E-state index contributed by atoms with van der Waals surface area (Å²) in [6.07, 6.45) is 0. The van der Waals surface area contributed by atoms with Crippen molar-refractivity contribution in [1.29, 1.82) is 0 Å². The third-order valence-electron chi connectivity index (χ3n) is 3.32. The van der Waals surface area contributed by atoms with Crippen molar-refractivity contribution in [1.82, 2.24) is 10.2 Å². The number of amidine groups is 1. The summed E-state index contributed by atoms with van der Waals surface area (Å²) in [6, 6.07) is 8.30. The van der Waals surface area contributed by atoms with E-state index in [1.807, 2.05) is 12.1 Å². The van der Waals surface area contributed by atoms with Crippen LogP contribution < -0.4 is 5.32 Å². The van der Waals surface area contributed by atoms with Crippen LogP contribution >= 0.6 is 11.6 Å². The first kappa shape index (κ1) is 13.4. The quantitative estimate of drug-likeness (QED) is 0.887. The molecule has 1 aromatic rings. The van der Waals surface area contributed by atoms with Gasteiger partial charge >= 0.3 is 0 Å². The molecule has 0 spiro atoms. The fourth-order valence-electron chi connectivity index (χ4n) is 2.37. The van der Waals surface area contributed by atoms with E-state index in [-0.39, 0.29) is 6.04 Å². The van der Waals surface area contributed by atoms with E-state index in [0.717, 1.165) is 37.0 Å². The van der Waals surface area contributed by atoms with E-state index in [0.29, 0.717) is 0 Å². The Morgan fingerprint density at radius 2 is 1.94 bits per heavy atom. The molecule has 18 heavy (non-hydrogen) atoms. The van der Waals surface area contributed by atoms with Crippen LogP contribution in [0.15, 0.2) is 29.3 Å².